The molecule has 0 bridgehead atoms. The first kappa shape index (κ1) is 15.6. The highest BCUT2D eigenvalue weighted by Gasteiger charge is 2.49. The highest BCUT2D eigenvalue weighted by molar-refractivity contribution is 6.00. The molecule has 0 aliphatic carbocycles. The summed E-state index contributed by atoms with van der Waals surface area (Å²) in [5.41, 5.74) is 0.996. The van der Waals surface area contributed by atoms with Crippen molar-refractivity contribution in [3.8, 4) is 17.3 Å². The zero-order valence-electron chi connectivity index (χ0n) is 13.7. The van der Waals surface area contributed by atoms with Gasteiger partial charge in [0, 0.05) is 31.3 Å². The fourth-order valence-electron chi connectivity index (χ4n) is 3.53. The van der Waals surface area contributed by atoms with Crippen molar-refractivity contribution in [1.82, 2.24) is 9.88 Å². The lowest BCUT2D eigenvalue weighted by atomic mass is 10.0. The van der Waals surface area contributed by atoms with Crippen molar-refractivity contribution in [2.75, 3.05) is 24.5 Å². The number of likely N-dealkylation sites (tertiary alicyclic amines) is 1. The van der Waals surface area contributed by atoms with Crippen molar-refractivity contribution >= 4 is 11.7 Å². The molecular weight excluding hydrogens is 319 g/mol. The third-order valence-corrected chi connectivity index (χ3v) is 4.90. The average molecular weight is 336 g/mol. The number of anilines is 1. The Morgan fingerprint density at radius 1 is 1.24 bits per heavy atom. The van der Waals surface area contributed by atoms with E-state index >= 15 is 4.39 Å². The number of hydrogen-bond acceptors (Lipinski definition) is 4. The van der Waals surface area contributed by atoms with Crippen LogP contribution in [0, 0.1) is 11.5 Å². The van der Waals surface area contributed by atoms with E-state index in [4.69, 9.17) is 5.26 Å². The van der Waals surface area contributed by atoms with Gasteiger partial charge in [-0.15, -0.1) is 0 Å². The molecule has 2 aromatic rings. The summed E-state index contributed by atoms with van der Waals surface area (Å²) in [6, 6.07) is 11.9. The van der Waals surface area contributed by atoms with Gasteiger partial charge in [-0.2, -0.15) is 5.26 Å². The first-order valence-electron chi connectivity index (χ1n) is 8.31. The van der Waals surface area contributed by atoms with E-state index in [0.717, 1.165) is 16.7 Å². The van der Waals surface area contributed by atoms with Crippen molar-refractivity contribution in [2.24, 2.45) is 0 Å². The van der Waals surface area contributed by atoms with Crippen LogP contribution < -0.4 is 4.90 Å². The SMILES string of the molecule is N#CN1CCC(F)(C(=O)N2CCc3cc(-c4ccccc4)cnc32)C1. The van der Waals surface area contributed by atoms with Crippen LogP contribution in [0.3, 0.4) is 0 Å². The van der Waals surface area contributed by atoms with Gasteiger partial charge in [-0.1, -0.05) is 30.3 Å². The Balaban J connectivity index is 1.60. The van der Waals surface area contributed by atoms with Crippen LogP contribution in [0.2, 0.25) is 0 Å². The molecule has 25 heavy (non-hydrogen) atoms. The Labute approximate surface area is 145 Å². The topological polar surface area (TPSA) is 60.2 Å². The van der Waals surface area contributed by atoms with E-state index < -0.39 is 11.6 Å². The molecule has 0 spiro atoms. The smallest absolute Gasteiger partial charge is 0.267 e. The van der Waals surface area contributed by atoms with Gasteiger partial charge in [0.2, 0.25) is 5.67 Å². The van der Waals surface area contributed by atoms with E-state index in [1.54, 1.807) is 6.20 Å². The van der Waals surface area contributed by atoms with Crippen LogP contribution in [0.4, 0.5) is 10.2 Å². The van der Waals surface area contributed by atoms with Gasteiger partial charge in [-0.05, 0) is 23.6 Å². The van der Waals surface area contributed by atoms with Gasteiger partial charge >= 0.3 is 0 Å². The first-order valence-corrected chi connectivity index (χ1v) is 8.31. The fraction of sp³-hybridized carbons (Fsp3) is 0.316. The molecule has 2 aliphatic rings. The number of amides is 1. The number of carbonyl (C=O) groups is 1. The number of benzene rings is 1. The quantitative estimate of drug-likeness (QED) is 0.791. The van der Waals surface area contributed by atoms with Crippen LogP contribution in [0.5, 0.6) is 0 Å². The lowest BCUT2D eigenvalue weighted by Gasteiger charge is -2.25. The van der Waals surface area contributed by atoms with Gasteiger partial charge in [0.25, 0.3) is 5.91 Å². The number of rotatable bonds is 2. The second-order valence-electron chi connectivity index (χ2n) is 6.52. The number of nitrogens with zero attached hydrogens (tertiary/aromatic N) is 4. The summed E-state index contributed by atoms with van der Waals surface area (Å²) >= 11 is 0. The molecule has 4 rings (SSSR count). The van der Waals surface area contributed by atoms with Crippen LogP contribution in [0.15, 0.2) is 42.6 Å². The van der Waals surface area contributed by atoms with Crippen molar-refractivity contribution in [3.63, 3.8) is 0 Å². The van der Waals surface area contributed by atoms with Gasteiger partial charge in [-0.25, -0.2) is 9.37 Å². The number of pyridine rings is 1. The molecule has 1 atom stereocenters. The van der Waals surface area contributed by atoms with Gasteiger partial charge in [0.1, 0.15) is 5.82 Å². The number of halogens is 1. The molecule has 1 amide bonds. The third kappa shape index (κ3) is 2.62. The largest absolute Gasteiger partial charge is 0.307 e. The second-order valence-corrected chi connectivity index (χ2v) is 6.52. The maximum absolute atomic E-state index is 15.0. The lowest BCUT2D eigenvalue weighted by Crippen LogP contribution is -2.47. The molecule has 1 unspecified atom stereocenters. The molecular formula is C19H17FN4O. The summed E-state index contributed by atoms with van der Waals surface area (Å²) < 4.78 is 15.0. The van der Waals surface area contributed by atoms with Crippen LogP contribution in [-0.2, 0) is 11.2 Å². The predicted molar refractivity (Wildman–Crippen MR) is 91.4 cm³/mol. The summed E-state index contributed by atoms with van der Waals surface area (Å²) in [5, 5.41) is 8.91. The molecule has 1 aromatic heterocycles. The number of nitriles is 1. The maximum atomic E-state index is 15.0. The predicted octanol–water partition coefficient (Wildman–Crippen LogP) is 2.53. The molecule has 6 heteroatoms. The minimum Gasteiger partial charge on any atom is -0.307 e. The number of hydrogen-bond donors (Lipinski definition) is 0. The number of alkyl halides is 1. The Hall–Kier alpha value is -2.94. The zero-order chi connectivity index (χ0) is 17.4. The normalized spacial score (nSPS) is 21.9. The van der Waals surface area contributed by atoms with Crippen molar-refractivity contribution in [1.29, 1.82) is 5.26 Å². The van der Waals surface area contributed by atoms with Gasteiger partial charge < -0.3 is 4.90 Å². The number of aromatic nitrogens is 1. The first-order chi connectivity index (χ1) is 12.1. The second kappa shape index (κ2) is 5.85. The van der Waals surface area contributed by atoms with Gasteiger partial charge in [0.05, 0.1) is 6.54 Å². The van der Waals surface area contributed by atoms with Crippen LogP contribution in [0.25, 0.3) is 11.1 Å². The summed E-state index contributed by atoms with van der Waals surface area (Å²) in [6.45, 7) is 0.535. The molecule has 1 aromatic carbocycles. The van der Waals surface area contributed by atoms with Gasteiger partial charge in [-0.3, -0.25) is 9.69 Å². The minimum atomic E-state index is -2.00. The van der Waals surface area contributed by atoms with Gasteiger partial charge in [0.15, 0.2) is 6.19 Å². The molecule has 126 valence electrons. The molecule has 1 saturated heterocycles. The molecule has 2 aliphatic heterocycles. The van der Waals surface area contributed by atoms with Crippen molar-refractivity contribution < 1.29 is 9.18 Å². The summed E-state index contributed by atoms with van der Waals surface area (Å²) in [4.78, 5) is 19.9. The monoisotopic (exact) mass is 336 g/mol. The van der Waals surface area contributed by atoms with Crippen LogP contribution >= 0.6 is 0 Å². The van der Waals surface area contributed by atoms with E-state index in [1.165, 1.54) is 9.80 Å². The Bertz CT molecular complexity index is 863. The Morgan fingerprint density at radius 3 is 2.76 bits per heavy atom. The highest BCUT2D eigenvalue weighted by Crippen LogP contribution is 2.34. The number of fused-ring (bicyclic) bond motifs is 1. The lowest BCUT2D eigenvalue weighted by molar-refractivity contribution is -0.129. The molecule has 0 saturated carbocycles. The molecule has 3 heterocycles. The van der Waals surface area contributed by atoms with E-state index in [2.05, 4.69) is 4.98 Å². The van der Waals surface area contributed by atoms with E-state index in [-0.39, 0.29) is 19.5 Å². The highest BCUT2D eigenvalue weighted by atomic mass is 19.1. The standard InChI is InChI=1S/C19H17FN4O/c20-19(7-9-23(12-19)13-21)18(25)24-8-6-15-10-16(11-22-17(15)24)14-4-2-1-3-5-14/h1-5,10-11H,6-9,12H2. The minimum absolute atomic E-state index is 0.0489. The Morgan fingerprint density at radius 2 is 2.04 bits per heavy atom. The third-order valence-electron chi connectivity index (χ3n) is 4.90. The summed E-state index contributed by atoms with van der Waals surface area (Å²) in [7, 11) is 0. The molecule has 5 nitrogen and oxygen atoms in total. The molecule has 0 radical (unpaired) electrons. The molecule has 1 fully saturated rings. The maximum Gasteiger partial charge on any atom is 0.267 e. The van der Waals surface area contributed by atoms with Crippen LogP contribution in [-0.4, -0.2) is 41.1 Å². The van der Waals surface area contributed by atoms with E-state index in [0.29, 0.717) is 18.8 Å². The van der Waals surface area contributed by atoms with Crippen molar-refractivity contribution in [2.45, 2.75) is 18.5 Å². The van der Waals surface area contributed by atoms with E-state index in [9.17, 15) is 4.79 Å². The summed E-state index contributed by atoms with van der Waals surface area (Å²) in [5.74, 6) is -0.0407. The average Bonchev–Trinajstić information content (AvgIpc) is 3.25. The Kier molecular flexibility index (Phi) is 3.65. The van der Waals surface area contributed by atoms with Crippen molar-refractivity contribution in [3.05, 3.63) is 48.2 Å². The summed E-state index contributed by atoms with van der Waals surface area (Å²) in [6.07, 6.45) is 4.35. The van der Waals surface area contributed by atoms with E-state index in [1.807, 2.05) is 42.6 Å². The zero-order valence-corrected chi connectivity index (χ0v) is 13.7. The number of carbonyl (C=O) groups excluding carboxylic acids is 1. The fourth-order valence-corrected chi connectivity index (χ4v) is 3.53. The van der Waals surface area contributed by atoms with Crippen LogP contribution in [0.1, 0.15) is 12.0 Å². The molecule has 0 N–H and O–H groups in total.